The summed E-state index contributed by atoms with van der Waals surface area (Å²) in [6, 6.07) is 0. The number of amides is 1. The van der Waals surface area contributed by atoms with Crippen LogP contribution in [0.3, 0.4) is 0 Å². The second-order valence-corrected chi connectivity index (χ2v) is 18.2. The largest absolute Gasteiger partial charge is 0.462 e. The van der Waals surface area contributed by atoms with Gasteiger partial charge >= 0.3 is 5.97 Å². The monoisotopic (exact) mass is 593 g/mol. The van der Waals surface area contributed by atoms with Gasteiger partial charge in [-0.05, 0) is 135 Å². The molecule has 43 heavy (non-hydrogen) atoms. The van der Waals surface area contributed by atoms with Crippen molar-refractivity contribution >= 4 is 17.7 Å². The van der Waals surface area contributed by atoms with Gasteiger partial charge in [-0.15, -0.1) is 0 Å². The molecule has 0 spiro atoms. The minimum absolute atomic E-state index is 0.0173. The SMILES string of the molecule is CC(=O)O[C@H]1CC[C@@]2(C)C(CC[C@]3(C)C2CCC2C4=C(C(C)C)C(=O)C[C@]4(C(=O)NC(C)(C)C4CC4)CC[C@]23C)C1(C)C. The van der Waals surface area contributed by atoms with Crippen molar-refractivity contribution in [3.8, 4) is 0 Å². The van der Waals surface area contributed by atoms with Crippen molar-refractivity contribution in [1.82, 2.24) is 5.32 Å². The highest BCUT2D eigenvalue weighted by Crippen LogP contribution is 2.76. The van der Waals surface area contributed by atoms with E-state index in [-0.39, 0.29) is 62.8 Å². The van der Waals surface area contributed by atoms with Crippen LogP contribution in [-0.4, -0.2) is 29.3 Å². The summed E-state index contributed by atoms with van der Waals surface area (Å²) in [6.45, 7) is 22.6. The highest BCUT2D eigenvalue weighted by molar-refractivity contribution is 6.07. The van der Waals surface area contributed by atoms with Crippen LogP contribution in [0.2, 0.25) is 0 Å². The number of hydrogen-bond donors (Lipinski definition) is 1. The lowest BCUT2D eigenvalue weighted by Crippen LogP contribution is -2.66. The van der Waals surface area contributed by atoms with Gasteiger partial charge < -0.3 is 10.1 Å². The van der Waals surface area contributed by atoms with Crippen LogP contribution in [-0.2, 0) is 19.1 Å². The van der Waals surface area contributed by atoms with Crippen molar-refractivity contribution in [3.63, 3.8) is 0 Å². The molecule has 1 amide bonds. The first-order chi connectivity index (χ1) is 19.8. The van der Waals surface area contributed by atoms with Crippen LogP contribution in [0.1, 0.15) is 140 Å². The zero-order valence-electron chi connectivity index (χ0n) is 28.9. The Kier molecular flexibility index (Phi) is 7.05. The number of ketones is 1. The third-order valence-corrected chi connectivity index (χ3v) is 15.1. The predicted molar refractivity (Wildman–Crippen MR) is 170 cm³/mol. The number of esters is 1. The van der Waals surface area contributed by atoms with Gasteiger partial charge in [0, 0.05) is 24.3 Å². The van der Waals surface area contributed by atoms with E-state index in [9.17, 15) is 14.4 Å². The van der Waals surface area contributed by atoms with E-state index in [1.807, 2.05) is 0 Å². The molecule has 5 heteroatoms. The minimum Gasteiger partial charge on any atom is -0.462 e. The Labute approximate surface area is 261 Å². The number of ether oxygens (including phenoxy) is 1. The summed E-state index contributed by atoms with van der Waals surface area (Å²) >= 11 is 0. The van der Waals surface area contributed by atoms with E-state index in [0.717, 1.165) is 56.9 Å². The Hall–Kier alpha value is -1.65. The van der Waals surface area contributed by atoms with Gasteiger partial charge in [0.05, 0.1) is 5.41 Å². The average Bonchev–Trinajstić information content (AvgIpc) is 3.69. The Balaban J connectivity index is 1.38. The van der Waals surface area contributed by atoms with Crippen molar-refractivity contribution in [2.24, 2.45) is 56.7 Å². The molecule has 0 aromatic heterocycles. The second-order valence-electron chi connectivity index (χ2n) is 18.2. The number of nitrogens with one attached hydrogen (secondary N) is 1. The standard InChI is InChI=1S/C38H59NO4/c1-22(2)30-26(41)21-38(32(42)39-34(6,7)24-11-12-24)20-19-36(9)25(31(30)38)13-14-28-35(8)17-16-29(43-23(3)40)33(4,5)27(35)15-18-37(28,36)10/h22,24-25,27-29H,11-21H2,1-10H3,(H,39,42)/t25?,27?,28?,29-,35-,36+,37+,38+/m0/s1. The van der Waals surface area contributed by atoms with Crippen LogP contribution in [0.25, 0.3) is 0 Å². The van der Waals surface area contributed by atoms with Crippen molar-refractivity contribution in [2.45, 2.75) is 152 Å². The molecular weight excluding hydrogens is 534 g/mol. The van der Waals surface area contributed by atoms with Crippen LogP contribution in [0, 0.1) is 56.7 Å². The third-order valence-electron chi connectivity index (χ3n) is 15.1. The Morgan fingerprint density at radius 3 is 2.14 bits per heavy atom. The maximum atomic E-state index is 14.5. The maximum absolute atomic E-state index is 14.5. The van der Waals surface area contributed by atoms with Gasteiger partial charge in [-0.3, -0.25) is 14.4 Å². The van der Waals surface area contributed by atoms with Gasteiger partial charge in [-0.25, -0.2) is 0 Å². The van der Waals surface area contributed by atoms with Crippen LogP contribution in [0.5, 0.6) is 0 Å². The van der Waals surface area contributed by atoms with Crippen LogP contribution in [0.15, 0.2) is 11.1 Å². The summed E-state index contributed by atoms with van der Waals surface area (Å²) in [6.07, 6.45) is 11.0. The molecule has 0 radical (unpaired) electrons. The molecule has 0 aromatic carbocycles. The molecule has 0 heterocycles. The van der Waals surface area contributed by atoms with Crippen molar-refractivity contribution in [2.75, 3.05) is 0 Å². The highest BCUT2D eigenvalue weighted by atomic mass is 16.5. The van der Waals surface area contributed by atoms with Crippen LogP contribution < -0.4 is 5.32 Å². The number of allylic oxidation sites excluding steroid dienone is 1. The fraction of sp³-hybridized carbons (Fsp3) is 0.868. The third kappa shape index (κ3) is 4.24. The molecule has 5 fully saturated rings. The maximum Gasteiger partial charge on any atom is 0.302 e. The lowest BCUT2D eigenvalue weighted by Gasteiger charge is -2.72. The molecular formula is C38H59NO4. The van der Waals surface area contributed by atoms with Gasteiger partial charge in [-0.2, -0.15) is 0 Å². The van der Waals surface area contributed by atoms with Gasteiger partial charge in [0.15, 0.2) is 5.78 Å². The Bertz CT molecular complexity index is 1260. The number of rotatable bonds is 5. The fourth-order valence-corrected chi connectivity index (χ4v) is 12.6. The topological polar surface area (TPSA) is 72.5 Å². The first kappa shape index (κ1) is 31.3. The lowest BCUT2D eigenvalue weighted by molar-refractivity contribution is -0.232. The van der Waals surface area contributed by atoms with E-state index >= 15 is 0 Å². The quantitative estimate of drug-likeness (QED) is 0.326. The fourth-order valence-electron chi connectivity index (χ4n) is 12.6. The highest BCUT2D eigenvalue weighted by Gasteiger charge is 2.71. The molecule has 240 valence electrons. The summed E-state index contributed by atoms with van der Waals surface area (Å²) in [5, 5.41) is 3.51. The van der Waals surface area contributed by atoms with E-state index in [1.165, 1.54) is 18.4 Å². The average molecular weight is 594 g/mol. The molecule has 0 aromatic rings. The number of carbonyl (C=O) groups is 3. The van der Waals surface area contributed by atoms with Crippen LogP contribution >= 0.6 is 0 Å². The van der Waals surface area contributed by atoms with Gasteiger partial charge in [-0.1, -0.05) is 48.5 Å². The zero-order chi connectivity index (χ0) is 31.5. The van der Waals surface area contributed by atoms with E-state index in [0.29, 0.717) is 24.2 Å². The van der Waals surface area contributed by atoms with Crippen molar-refractivity contribution in [3.05, 3.63) is 11.1 Å². The molecule has 3 unspecified atom stereocenters. The molecule has 5 nitrogen and oxygen atoms in total. The first-order valence-electron chi connectivity index (χ1n) is 17.6. The van der Waals surface area contributed by atoms with Gasteiger partial charge in [0.25, 0.3) is 0 Å². The normalized spacial score (nSPS) is 43.8. The molecule has 6 aliphatic carbocycles. The zero-order valence-corrected chi connectivity index (χ0v) is 28.9. The molecule has 5 saturated carbocycles. The molecule has 0 aliphatic heterocycles. The summed E-state index contributed by atoms with van der Waals surface area (Å²) < 4.78 is 5.93. The van der Waals surface area contributed by atoms with Crippen LogP contribution in [0.4, 0.5) is 0 Å². The number of fused-ring (bicyclic) bond motifs is 7. The molecule has 0 bridgehead atoms. The van der Waals surface area contributed by atoms with E-state index in [4.69, 9.17) is 4.74 Å². The summed E-state index contributed by atoms with van der Waals surface area (Å²) in [5.74, 6) is 2.22. The number of carbonyl (C=O) groups excluding carboxylic acids is 3. The first-order valence-corrected chi connectivity index (χ1v) is 17.6. The molecule has 0 saturated heterocycles. The molecule has 1 N–H and O–H groups in total. The van der Waals surface area contributed by atoms with E-state index in [2.05, 4.69) is 67.6 Å². The second kappa shape index (κ2) is 9.68. The smallest absolute Gasteiger partial charge is 0.302 e. The van der Waals surface area contributed by atoms with Crippen molar-refractivity contribution in [1.29, 1.82) is 0 Å². The number of hydrogen-bond acceptors (Lipinski definition) is 4. The molecule has 6 rings (SSSR count). The summed E-state index contributed by atoms with van der Waals surface area (Å²) in [5.41, 5.74) is 1.62. The predicted octanol–water partition coefficient (Wildman–Crippen LogP) is 8.20. The van der Waals surface area contributed by atoms with Gasteiger partial charge in [0.1, 0.15) is 6.10 Å². The Morgan fingerprint density at radius 1 is 0.860 bits per heavy atom. The summed E-state index contributed by atoms with van der Waals surface area (Å²) in [7, 11) is 0. The minimum atomic E-state index is -0.679. The van der Waals surface area contributed by atoms with E-state index < -0.39 is 5.41 Å². The number of Topliss-reactive ketones (excluding diaryl/α,β-unsaturated/α-hetero) is 1. The van der Waals surface area contributed by atoms with Crippen molar-refractivity contribution < 1.29 is 19.1 Å². The molecule has 6 aliphatic rings. The van der Waals surface area contributed by atoms with E-state index in [1.54, 1.807) is 6.92 Å². The summed E-state index contributed by atoms with van der Waals surface area (Å²) in [4.78, 5) is 40.4. The lowest BCUT2D eigenvalue weighted by atomic mass is 9.33. The Morgan fingerprint density at radius 2 is 1.53 bits per heavy atom. The molecule has 8 atom stereocenters. The van der Waals surface area contributed by atoms with Gasteiger partial charge in [0.2, 0.25) is 5.91 Å².